The zero-order valence-corrected chi connectivity index (χ0v) is 45.8. The van der Waals surface area contributed by atoms with E-state index in [1.807, 2.05) is 33.2 Å². The minimum absolute atomic E-state index is 0.0136. The SMILES string of the molecule is CC(C)(C)OC(=O)NC1(CO[Si](C)(C)C(C)(C)C)CCc2cccc(-c3cncnc3)c2C1.CC(C)(C)OC(=O)NC1(CO[Si](C)(C)C(C)(C)C)CCc2cccc(OS(=O)(=O)C(F)(F)F)c2C1. The second-order valence-electron chi connectivity index (χ2n) is 23.2. The van der Waals surface area contributed by atoms with E-state index in [-0.39, 0.29) is 28.7 Å². The Morgan fingerprint density at radius 2 is 1.07 bits per heavy atom. The molecule has 2 unspecified atom stereocenters. The maximum Gasteiger partial charge on any atom is 0.534 e. The number of ether oxygens (including phenoxy) is 2. The van der Waals surface area contributed by atoms with Crippen LogP contribution in [0.4, 0.5) is 22.8 Å². The number of hydrogen-bond acceptors (Lipinski definition) is 11. The highest BCUT2D eigenvalue weighted by Gasteiger charge is 2.50. The Morgan fingerprint density at radius 1 is 0.662 bits per heavy atom. The van der Waals surface area contributed by atoms with Gasteiger partial charge in [0.25, 0.3) is 0 Å². The topological polar surface area (TPSA) is 164 Å². The molecule has 0 fully saturated rings. The molecule has 19 heteroatoms. The number of nitrogens with one attached hydrogen (secondary N) is 2. The molecule has 2 N–H and O–H groups in total. The fraction of sp³-hybridized carbons (Fsp3) is 0.633. The summed E-state index contributed by atoms with van der Waals surface area (Å²) in [4.78, 5) is 34.1. The van der Waals surface area contributed by atoms with Gasteiger partial charge in [0.05, 0.1) is 24.3 Å². The van der Waals surface area contributed by atoms with Gasteiger partial charge in [-0.2, -0.15) is 21.6 Å². The summed E-state index contributed by atoms with van der Waals surface area (Å²) in [7, 11) is -10.1. The second kappa shape index (κ2) is 20.4. The molecule has 2 amide bonds. The van der Waals surface area contributed by atoms with Gasteiger partial charge in [0, 0.05) is 29.9 Å². The van der Waals surface area contributed by atoms with Gasteiger partial charge in [0.1, 0.15) is 23.3 Å². The summed E-state index contributed by atoms with van der Waals surface area (Å²) in [6.45, 7) is 32.8. The Balaban J connectivity index is 0.000000297. The summed E-state index contributed by atoms with van der Waals surface area (Å²) in [5.74, 6) is -0.415. The third-order valence-corrected chi connectivity index (χ3v) is 23.1. The molecule has 5 rings (SSSR count). The van der Waals surface area contributed by atoms with Gasteiger partial charge in [-0.05, 0) is 138 Å². The van der Waals surface area contributed by atoms with Crippen molar-refractivity contribution >= 4 is 38.9 Å². The summed E-state index contributed by atoms with van der Waals surface area (Å²) < 4.78 is 91.1. The summed E-state index contributed by atoms with van der Waals surface area (Å²) in [5.41, 5.74) is -2.96. The standard InChI is InChI=1S/C26H39N3O3Si.C23H36F3NO6SSi/c1-24(2,3)32-23(30)29-26(17-31-33(7,8)25(4,5)6)13-12-19-10-9-11-21(22(19)14-26)20-15-27-18-28-16-20;1-20(2,3)32-19(28)27-22(15-31-35(7,8)21(4,5)6)13-12-16-10-9-11-18(17(16)14-22)33-34(29,30)23(24,25)26/h9-11,15-16,18H,12-14,17H2,1-8H3,(H,29,30);9-11H,12-15H2,1-8H3,(H,27,28). The molecule has 2 atom stereocenters. The van der Waals surface area contributed by atoms with Crippen LogP contribution in [0.1, 0.15) is 118 Å². The molecule has 0 aliphatic heterocycles. The van der Waals surface area contributed by atoms with Crippen molar-refractivity contribution in [2.75, 3.05) is 13.2 Å². The number of aryl methyl sites for hydroxylation is 2. The number of amides is 2. The van der Waals surface area contributed by atoms with E-state index in [1.54, 1.807) is 33.2 Å². The normalized spacial score (nSPS) is 19.3. The van der Waals surface area contributed by atoms with Crippen molar-refractivity contribution < 1.29 is 53.7 Å². The highest BCUT2D eigenvalue weighted by molar-refractivity contribution is 7.88. The highest BCUT2D eigenvalue weighted by Crippen LogP contribution is 2.42. The number of alkyl carbamates (subject to hydrolysis) is 2. The lowest BCUT2D eigenvalue weighted by Gasteiger charge is -2.44. The number of benzene rings is 2. The number of nitrogens with zero attached hydrogens (tertiary/aromatic N) is 2. The van der Waals surface area contributed by atoms with Gasteiger partial charge < -0.3 is 33.1 Å². The molecule has 3 aromatic rings. The number of halogens is 3. The van der Waals surface area contributed by atoms with Gasteiger partial charge in [0.2, 0.25) is 0 Å². The lowest BCUT2D eigenvalue weighted by molar-refractivity contribution is -0.0500. The maximum absolute atomic E-state index is 13.0. The van der Waals surface area contributed by atoms with E-state index in [4.69, 9.17) is 18.3 Å². The largest absolute Gasteiger partial charge is 0.534 e. The zero-order chi connectivity index (χ0) is 51.6. The summed E-state index contributed by atoms with van der Waals surface area (Å²) in [6.07, 6.45) is 7.25. The molecule has 13 nitrogen and oxygen atoms in total. The van der Waals surface area contributed by atoms with Crippen molar-refractivity contribution in [2.24, 2.45) is 0 Å². The minimum Gasteiger partial charge on any atom is -0.444 e. The molecular weight excluding hydrogens is 934 g/mol. The van der Waals surface area contributed by atoms with Crippen molar-refractivity contribution in [1.82, 2.24) is 20.6 Å². The number of hydrogen-bond donors (Lipinski definition) is 2. The summed E-state index contributed by atoms with van der Waals surface area (Å²) in [5, 5.41) is 6.08. The first kappa shape index (κ1) is 56.5. The van der Waals surface area contributed by atoms with Crippen LogP contribution in [0.25, 0.3) is 11.1 Å². The number of carbonyl (C=O) groups is 2. The molecule has 1 aromatic heterocycles. The van der Waals surface area contributed by atoms with E-state index < -0.39 is 72.5 Å². The average molecular weight is 1010 g/mol. The Labute approximate surface area is 404 Å². The lowest BCUT2D eigenvalue weighted by Crippen LogP contribution is -2.58. The van der Waals surface area contributed by atoms with Gasteiger partial charge in [-0.15, -0.1) is 0 Å². The molecule has 2 aliphatic rings. The Hall–Kier alpha value is -4.05. The minimum atomic E-state index is -5.86. The van der Waals surface area contributed by atoms with Crippen molar-refractivity contribution in [3.63, 3.8) is 0 Å². The van der Waals surface area contributed by atoms with Crippen LogP contribution in [-0.2, 0) is 54.1 Å². The first-order valence-electron chi connectivity index (χ1n) is 23.1. The molecular formula is C49H75F3N4O9SSi2. The molecule has 380 valence electrons. The van der Waals surface area contributed by atoms with Crippen LogP contribution in [-0.4, -0.2) is 88.2 Å². The van der Waals surface area contributed by atoms with Crippen LogP contribution in [0.15, 0.2) is 55.1 Å². The predicted octanol–water partition coefficient (Wildman–Crippen LogP) is 11.6. The third kappa shape index (κ3) is 15.0. The van der Waals surface area contributed by atoms with Crippen molar-refractivity contribution in [3.05, 3.63) is 77.4 Å². The van der Waals surface area contributed by atoms with Gasteiger partial charge >= 0.3 is 27.8 Å². The van der Waals surface area contributed by atoms with E-state index in [2.05, 4.69) is 111 Å². The van der Waals surface area contributed by atoms with E-state index in [1.165, 1.54) is 23.3 Å². The van der Waals surface area contributed by atoms with Crippen molar-refractivity contribution in [1.29, 1.82) is 0 Å². The molecule has 0 spiro atoms. The molecule has 0 radical (unpaired) electrons. The Bertz CT molecular complexity index is 2360. The monoisotopic (exact) mass is 1010 g/mol. The van der Waals surface area contributed by atoms with E-state index in [9.17, 15) is 31.2 Å². The van der Waals surface area contributed by atoms with Gasteiger partial charge in [-0.25, -0.2) is 19.6 Å². The molecule has 0 saturated heterocycles. The fourth-order valence-corrected chi connectivity index (χ4v) is 9.95. The van der Waals surface area contributed by atoms with Gasteiger partial charge in [-0.3, -0.25) is 0 Å². The number of alkyl halides is 3. The molecule has 2 aliphatic carbocycles. The van der Waals surface area contributed by atoms with E-state index >= 15 is 0 Å². The number of aromatic nitrogens is 2. The Kier molecular flexibility index (Phi) is 16.9. The van der Waals surface area contributed by atoms with Crippen LogP contribution in [0, 0.1) is 0 Å². The van der Waals surface area contributed by atoms with Crippen LogP contribution in [0.2, 0.25) is 36.3 Å². The van der Waals surface area contributed by atoms with E-state index in [0.717, 1.165) is 24.0 Å². The quantitative estimate of drug-likeness (QED) is 0.107. The third-order valence-electron chi connectivity index (χ3n) is 13.2. The first-order chi connectivity index (χ1) is 30.8. The van der Waals surface area contributed by atoms with Crippen LogP contribution < -0.4 is 14.8 Å². The van der Waals surface area contributed by atoms with E-state index in [0.29, 0.717) is 31.4 Å². The van der Waals surface area contributed by atoms with Crippen LogP contribution in [0.5, 0.6) is 5.75 Å². The fourth-order valence-electron chi connectivity index (χ4n) is 7.32. The first-order valence-corrected chi connectivity index (χ1v) is 30.3. The lowest BCUT2D eigenvalue weighted by atomic mass is 9.76. The summed E-state index contributed by atoms with van der Waals surface area (Å²) >= 11 is 0. The average Bonchev–Trinajstić information content (AvgIpc) is 3.17. The number of fused-ring (bicyclic) bond motifs is 2. The smallest absolute Gasteiger partial charge is 0.444 e. The Morgan fingerprint density at radius 3 is 1.49 bits per heavy atom. The molecule has 1 heterocycles. The zero-order valence-electron chi connectivity index (χ0n) is 43.0. The van der Waals surface area contributed by atoms with Crippen molar-refractivity contribution in [3.8, 4) is 16.9 Å². The molecule has 0 saturated carbocycles. The highest BCUT2D eigenvalue weighted by atomic mass is 32.2. The van der Waals surface area contributed by atoms with Gasteiger partial charge in [0.15, 0.2) is 16.6 Å². The molecule has 2 aromatic carbocycles. The molecule has 68 heavy (non-hydrogen) atoms. The number of rotatable bonds is 11. The second-order valence-corrected chi connectivity index (χ2v) is 34.4. The van der Waals surface area contributed by atoms with Crippen LogP contribution in [0.3, 0.4) is 0 Å². The van der Waals surface area contributed by atoms with Gasteiger partial charge in [-0.1, -0.05) is 71.9 Å². The number of carbonyl (C=O) groups excluding carboxylic acids is 2. The molecule has 0 bridgehead atoms. The van der Waals surface area contributed by atoms with Crippen molar-refractivity contribution in [2.45, 2.75) is 186 Å². The maximum atomic E-state index is 13.0. The summed E-state index contributed by atoms with van der Waals surface area (Å²) in [6, 6.07) is 10.7. The predicted molar refractivity (Wildman–Crippen MR) is 264 cm³/mol. The van der Waals surface area contributed by atoms with Crippen LogP contribution >= 0.6 is 0 Å².